The molecule has 0 bridgehead atoms. The van der Waals surface area contributed by atoms with Crippen LogP contribution in [0.5, 0.6) is 11.5 Å². The predicted octanol–water partition coefficient (Wildman–Crippen LogP) is 6.44. The lowest BCUT2D eigenvalue weighted by Crippen LogP contribution is -2.29. The van der Waals surface area contributed by atoms with E-state index in [4.69, 9.17) is 4.74 Å². The highest BCUT2D eigenvalue weighted by molar-refractivity contribution is 5.62. The zero-order valence-corrected chi connectivity index (χ0v) is 14.8. The predicted molar refractivity (Wildman–Crippen MR) is 106 cm³/mol. The minimum absolute atomic E-state index is 0.0282. The van der Waals surface area contributed by atoms with Crippen molar-refractivity contribution < 1.29 is 9.13 Å². The number of benzene rings is 3. The maximum absolute atomic E-state index is 14.4. The molecule has 2 aliphatic rings. The summed E-state index contributed by atoms with van der Waals surface area (Å²) >= 11 is 0. The van der Waals surface area contributed by atoms with E-state index in [0.29, 0.717) is 5.92 Å². The molecule has 0 fully saturated rings. The summed E-state index contributed by atoms with van der Waals surface area (Å²) in [5, 5.41) is 3.58. The fourth-order valence-corrected chi connectivity index (χ4v) is 4.30. The quantitative estimate of drug-likeness (QED) is 0.544. The molecule has 2 nitrogen and oxygen atoms in total. The number of para-hydroxylation sites is 1. The SMILES string of the molecule is Fc1ccccc1[C@@H]1Nc2ccc(Oc3ccccc3)cc2[C@@H]2C=CC[C@@H]21. The van der Waals surface area contributed by atoms with Crippen molar-refractivity contribution in [1.82, 2.24) is 0 Å². The van der Waals surface area contributed by atoms with Crippen LogP contribution >= 0.6 is 0 Å². The monoisotopic (exact) mass is 357 g/mol. The maximum atomic E-state index is 14.4. The summed E-state index contributed by atoms with van der Waals surface area (Å²) in [5.41, 5.74) is 3.01. The van der Waals surface area contributed by atoms with Crippen molar-refractivity contribution >= 4 is 5.69 Å². The first kappa shape index (κ1) is 16.1. The van der Waals surface area contributed by atoms with Crippen LogP contribution in [0.2, 0.25) is 0 Å². The lowest BCUT2D eigenvalue weighted by molar-refractivity contribution is 0.411. The van der Waals surface area contributed by atoms with E-state index in [9.17, 15) is 4.39 Å². The summed E-state index contributed by atoms with van der Waals surface area (Å²) in [6.07, 6.45) is 5.41. The Labute approximate surface area is 158 Å². The lowest BCUT2D eigenvalue weighted by atomic mass is 9.77. The van der Waals surface area contributed by atoms with Gasteiger partial charge in [0.2, 0.25) is 0 Å². The second-order valence-corrected chi connectivity index (χ2v) is 7.16. The molecule has 5 rings (SSSR count). The Kier molecular flexibility index (Phi) is 3.93. The average molecular weight is 357 g/mol. The number of hydrogen-bond acceptors (Lipinski definition) is 2. The molecule has 1 aliphatic heterocycles. The summed E-state index contributed by atoms with van der Waals surface area (Å²) < 4.78 is 20.4. The Morgan fingerprint density at radius 1 is 0.852 bits per heavy atom. The Morgan fingerprint density at radius 3 is 2.52 bits per heavy atom. The Balaban J connectivity index is 1.51. The summed E-state index contributed by atoms with van der Waals surface area (Å²) in [6.45, 7) is 0. The fourth-order valence-electron chi connectivity index (χ4n) is 4.30. The standard InChI is InChI=1S/C24H20FNO/c25-22-12-5-4-9-20(22)24-19-11-6-10-18(19)21-15-17(13-14-23(21)26-24)27-16-7-2-1-3-8-16/h1-10,12-15,18-19,24,26H,11H2/t18-,19+,24-/m1/s1. The van der Waals surface area contributed by atoms with Gasteiger partial charge in [0, 0.05) is 17.2 Å². The second kappa shape index (κ2) is 6.58. The van der Waals surface area contributed by atoms with Gasteiger partial charge in [0.15, 0.2) is 0 Å². The van der Waals surface area contributed by atoms with Gasteiger partial charge in [-0.1, -0.05) is 48.6 Å². The molecule has 0 unspecified atom stereocenters. The third kappa shape index (κ3) is 2.89. The molecule has 0 saturated carbocycles. The van der Waals surface area contributed by atoms with Crippen LogP contribution in [0.4, 0.5) is 10.1 Å². The van der Waals surface area contributed by atoms with E-state index in [1.54, 1.807) is 12.1 Å². The van der Waals surface area contributed by atoms with E-state index in [1.165, 1.54) is 5.56 Å². The van der Waals surface area contributed by atoms with Crippen molar-refractivity contribution in [1.29, 1.82) is 0 Å². The number of ether oxygens (including phenoxy) is 1. The van der Waals surface area contributed by atoms with E-state index >= 15 is 0 Å². The number of anilines is 1. The first-order chi connectivity index (χ1) is 13.3. The number of nitrogens with one attached hydrogen (secondary N) is 1. The second-order valence-electron chi connectivity index (χ2n) is 7.16. The van der Waals surface area contributed by atoms with Gasteiger partial charge >= 0.3 is 0 Å². The van der Waals surface area contributed by atoms with Gasteiger partial charge in [-0.25, -0.2) is 4.39 Å². The highest BCUT2D eigenvalue weighted by Gasteiger charge is 2.38. The average Bonchev–Trinajstić information content (AvgIpc) is 3.19. The topological polar surface area (TPSA) is 21.3 Å². The van der Waals surface area contributed by atoms with Crippen LogP contribution in [0.3, 0.4) is 0 Å². The number of fused-ring (bicyclic) bond motifs is 3. The molecule has 0 saturated heterocycles. The van der Waals surface area contributed by atoms with Crippen LogP contribution in [0.1, 0.15) is 29.5 Å². The molecule has 3 atom stereocenters. The summed E-state index contributed by atoms with van der Waals surface area (Å²) in [7, 11) is 0. The van der Waals surface area contributed by atoms with Crippen LogP contribution in [-0.2, 0) is 0 Å². The van der Waals surface area contributed by atoms with Gasteiger partial charge < -0.3 is 10.1 Å². The van der Waals surface area contributed by atoms with Crippen molar-refractivity contribution in [2.75, 3.05) is 5.32 Å². The van der Waals surface area contributed by atoms with E-state index in [0.717, 1.165) is 29.2 Å². The molecular weight excluding hydrogens is 337 g/mol. The first-order valence-electron chi connectivity index (χ1n) is 9.34. The molecular formula is C24H20FNO. The van der Waals surface area contributed by atoms with Crippen LogP contribution in [0.15, 0.2) is 84.9 Å². The minimum atomic E-state index is -0.145. The van der Waals surface area contributed by atoms with Crippen molar-refractivity contribution in [3.05, 3.63) is 102 Å². The third-order valence-electron chi connectivity index (χ3n) is 5.55. The molecule has 1 N–H and O–H groups in total. The zero-order valence-electron chi connectivity index (χ0n) is 14.8. The van der Waals surface area contributed by atoms with Crippen LogP contribution in [-0.4, -0.2) is 0 Å². The molecule has 134 valence electrons. The highest BCUT2D eigenvalue weighted by Crippen LogP contribution is 2.50. The number of hydrogen-bond donors (Lipinski definition) is 1. The van der Waals surface area contributed by atoms with Gasteiger partial charge in [0.05, 0.1) is 6.04 Å². The van der Waals surface area contributed by atoms with Crippen molar-refractivity contribution in [2.45, 2.75) is 18.4 Å². The molecule has 0 aromatic heterocycles. The zero-order chi connectivity index (χ0) is 18.2. The first-order valence-corrected chi connectivity index (χ1v) is 9.34. The summed E-state index contributed by atoms with van der Waals surface area (Å²) in [4.78, 5) is 0. The molecule has 1 heterocycles. The smallest absolute Gasteiger partial charge is 0.128 e. The lowest BCUT2D eigenvalue weighted by Gasteiger charge is -2.37. The molecule has 27 heavy (non-hydrogen) atoms. The van der Waals surface area contributed by atoms with E-state index in [-0.39, 0.29) is 17.8 Å². The van der Waals surface area contributed by atoms with Gasteiger partial charge in [0.25, 0.3) is 0 Å². The molecule has 0 radical (unpaired) electrons. The van der Waals surface area contributed by atoms with E-state index < -0.39 is 0 Å². The summed E-state index contributed by atoms with van der Waals surface area (Å²) in [6, 6.07) is 23.0. The number of allylic oxidation sites excluding steroid dienone is 2. The normalized spacial score (nSPS) is 22.6. The Hall–Kier alpha value is -3.07. The molecule has 3 aromatic carbocycles. The third-order valence-corrected chi connectivity index (χ3v) is 5.55. The van der Waals surface area contributed by atoms with E-state index in [1.807, 2.05) is 54.6 Å². The largest absolute Gasteiger partial charge is 0.457 e. The van der Waals surface area contributed by atoms with Gasteiger partial charge in [0.1, 0.15) is 17.3 Å². The maximum Gasteiger partial charge on any atom is 0.128 e. The van der Waals surface area contributed by atoms with Crippen LogP contribution in [0, 0.1) is 11.7 Å². The van der Waals surface area contributed by atoms with Crippen molar-refractivity contribution in [3.63, 3.8) is 0 Å². The molecule has 0 spiro atoms. The Morgan fingerprint density at radius 2 is 1.67 bits per heavy atom. The van der Waals surface area contributed by atoms with Gasteiger partial charge in [-0.2, -0.15) is 0 Å². The number of halogens is 1. The molecule has 1 aliphatic carbocycles. The van der Waals surface area contributed by atoms with E-state index in [2.05, 4.69) is 23.5 Å². The van der Waals surface area contributed by atoms with Crippen LogP contribution < -0.4 is 10.1 Å². The molecule has 3 heteroatoms. The molecule has 3 aromatic rings. The van der Waals surface area contributed by atoms with Gasteiger partial charge in [-0.05, 0) is 54.3 Å². The van der Waals surface area contributed by atoms with Crippen molar-refractivity contribution in [2.24, 2.45) is 5.92 Å². The van der Waals surface area contributed by atoms with Crippen molar-refractivity contribution in [3.8, 4) is 11.5 Å². The van der Waals surface area contributed by atoms with Gasteiger partial charge in [-0.3, -0.25) is 0 Å². The fraction of sp³-hybridized carbons (Fsp3) is 0.167. The highest BCUT2D eigenvalue weighted by atomic mass is 19.1. The Bertz CT molecular complexity index is 998. The summed E-state index contributed by atoms with van der Waals surface area (Å²) in [5.74, 6) is 2.08. The molecule has 0 amide bonds. The van der Waals surface area contributed by atoms with Gasteiger partial charge in [-0.15, -0.1) is 0 Å². The van der Waals surface area contributed by atoms with Crippen LogP contribution in [0.25, 0.3) is 0 Å². The minimum Gasteiger partial charge on any atom is -0.457 e. The number of rotatable bonds is 3.